The van der Waals surface area contributed by atoms with Crippen LogP contribution >= 0.6 is 34.2 Å². The maximum atomic E-state index is 12.7. The Hall–Kier alpha value is -1.12. The molecule has 132 valence electrons. The molecule has 0 saturated carbocycles. The minimum Gasteiger partial charge on any atom is -0.338 e. The third-order valence-corrected chi connectivity index (χ3v) is 7.54. The van der Waals surface area contributed by atoms with E-state index in [1.807, 2.05) is 12.1 Å². The third kappa shape index (κ3) is 4.17. The number of benzene rings is 2. The number of sulfone groups is 1. The van der Waals surface area contributed by atoms with Crippen LogP contribution in [0.3, 0.4) is 0 Å². The van der Waals surface area contributed by atoms with Crippen molar-refractivity contribution in [3.8, 4) is 0 Å². The summed E-state index contributed by atoms with van der Waals surface area (Å²) in [5, 5.41) is -0.218. The molecule has 0 radical (unpaired) electrons. The summed E-state index contributed by atoms with van der Waals surface area (Å²) < 4.78 is 26.5. The van der Waals surface area contributed by atoms with E-state index in [-0.39, 0.29) is 18.2 Å². The van der Waals surface area contributed by atoms with Gasteiger partial charge in [-0.15, -0.1) is 0 Å². The standard InChI is InChI=1S/C18H17ClINO3S/c19-16-4-2-1-3-15(16)17-9-10-21(11-12-25(17,23)24)18(22)13-5-7-14(20)8-6-13/h1-8,17H,9-12H2. The van der Waals surface area contributed by atoms with Crippen molar-refractivity contribution in [3.05, 3.63) is 68.3 Å². The molecular formula is C18H17ClINO3S. The Bertz CT molecular complexity index is 883. The lowest BCUT2D eigenvalue weighted by atomic mass is 10.1. The fourth-order valence-electron chi connectivity index (χ4n) is 3.01. The molecule has 0 N–H and O–H groups in total. The van der Waals surface area contributed by atoms with Crippen molar-refractivity contribution >= 4 is 49.9 Å². The summed E-state index contributed by atoms with van der Waals surface area (Å²) in [5.41, 5.74) is 1.20. The lowest BCUT2D eigenvalue weighted by molar-refractivity contribution is 0.0766. The predicted octanol–water partition coefficient (Wildman–Crippen LogP) is 3.95. The molecule has 1 saturated heterocycles. The van der Waals surface area contributed by atoms with Crippen molar-refractivity contribution in [1.29, 1.82) is 0 Å². The summed E-state index contributed by atoms with van der Waals surface area (Å²) in [7, 11) is -3.37. The molecule has 2 aromatic carbocycles. The van der Waals surface area contributed by atoms with Crippen LogP contribution in [-0.2, 0) is 9.84 Å². The molecule has 0 aliphatic carbocycles. The van der Waals surface area contributed by atoms with Gasteiger partial charge in [0.05, 0.1) is 11.0 Å². The Balaban J connectivity index is 1.84. The molecule has 1 aliphatic heterocycles. The molecule has 25 heavy (non-hydrogen) atoms. The van der Waals surface area contributed by atoms with Gasteiger partial charge >= 0.3 is 0 Å². The molecule has 0 spiro atoms. The monoisotopic (exact) mass is 489 g/mol. The zero-order valence-electron chi connectivity index (χ0n) is 13.4. The van der Waals surface area contributed by atoms with Crippen molar-refractivity contribution in [2.75, 3.05) is 18.8 Å². The SMILES string of the molecule is O=C(c1ccc(I)cc1)N1CCC(c2ccccc2Cl)S(=O)(=O)CC1. The second-order valence-electron chi connectivity index (χ2n) is 5.96. The number of carbonyl (C=O) groups excluding carboxylic acids is 1. The summed E-state index contributed by atoms with van der Waals surface area (Å²) in [6.07, 6.45) is 0.349. The molecule has 1 heterocycles. The molecule has 2 aromatic rings. The molecule has 3 rings (SSSR count). The van der Waals surface area contributed by atoms with Gasteiger partial charge in [0.2, 0.25) is 0 Å². The van der Waals surface area contributed by atoms with Crippen LogP contribution in [0.2, 0.25) is 5.02 Å². The maximum Gasteiger partial charge on any atom is 0.253 e. The van der Waals surface area contributed by atoms with Gasteiger partial charge in [-0.1, -0.05) is 29.8 Å². The lowest BCUT2D eigenvalue weighted by Gasteiger charge is -2.20. The molecule has 4 nitrogen and oxygen atoms in total. The van der Waals surface area contributed by atoms with E-state index in [9.17, 15) is 13.2 Å². The van der Waals surface area contributed by atoms with Gasteiger partial charge in [-0.05, 0) is 64.9 Å². The molecule has 1 fully saturated rings. The van der Waals surface area contributed by atoms with Crippen LogP contribution in [0, 0.1) is 3.57 Å². The van der Waals surface area contributed by atoms with Gasteiger partial charge in [-0.3, -0.25) is 4.79 Å². The van der Waals surface area contributed by atoms with Crippen molar-refractivity contribution in [1.82, 2.24) is 4.90 Å². The number of halogens is 2. The molecular weight excluding hydrogens is 473 g/mol. The van der Waals surface area contributed by atoms with E-state index in [1.165, 1.54) is 0 Å². The van der Waals surface area contributed by atoms with E-state index in [0.717, 1.165) is 3.57 Å². The number of hydrogen-bond acceptors (Lipinski definition) is 3. The fourth-order valence-corrected chi connectivity index (χ4v) is 5.52. The van der Waals surface area contributed by atoms with Gasteiger partial charge in [-0.2, -0.15) is 0 Å². The summed E-state index contributed by atoms with van der Waals surface area (Å²) in [5.74, 6) is -0.190. The van der Waals surface area contributed by atoms with E-state index in [4.69, 9.17) is 11.6 Å². The second kappa shape index (κ2) is 7.63. The highest BCUT2D eigenvalue weighted by atomic mass is 127. The summed E-state index contributed by atoms with van der Waals surface area (Å²) >= 11 is 8.38. The smallest absolute Gasteiger partial charge is 0.253 e. The van der Waals surface area contributed by atoms with Gasteiger partial charge in [-0.25, -0.2) is 8.42 Å². The van der Waals surface area contributed by atoms with Crippen molar-refractivity contribution in [3.63, 3.8) is 0 Å². The van der Waals surface area contributed by atoms with Gasteiger partial charge in [0.25, 0.3) is 5.91 Å². The first-order valence-electron chi connectivity index (χ1n) is 7.89. The summed E-state index contributed by atoms with van der Waals surface area (Å²) in [6, 6.07) is 14.3. The van der Waals surface area contributed by atoms with Crippen LogP contribution in [-0.4, -0.2) is 38.1 Å². The first-order valence-corrected chi connectivity index (χ1v) is 11.1. The Kier molecular flexibility index (Phi) is 5.70. The molecule has 0 bridgehead atoms. The number of nitrogens with zero attached hydrogens (tertiary/aromatic N) is 1. The second-order valence-corrected chi connectivity index (χ2v) is 9.92. The normalized spacial score (nSPS) is 20.1. The van der Waals surface area contributed by atoms with Crippen LogP contribution in [0.5, 0.6) is 0 Å². The summed E-state index contributed by atoms with van der Waals surface area (Å²) in [4.78, 5) is 14.3. The van der Waals surface area contributed by atoms with Crippen LogP contribution in [0.25, 0.3) is 0 Å². The Morgan fingerprint density at radius 2 is 1.76 bits per heavy atom. The average molecular weight is 490 g/mol. The van der Waals surface area contributed by atoms with Gasteiger partial charge in [0, 0.05) is 27.2 Å². The lowest BCUT2D eigenvalue weighted by Crippen LogP contribution is -2.33. The average Bonchev–Trinajstić information content (AvgIpc) is 2.74. The van der Waals surface area contributed by atoms with Crippen molar-refractivity contribution < 1.29 is 13.2 Å². The molecule has 1 unspecified atom stereocenters. The quantitative estimate of drug-likeness (QED) is 0.601. The van der Waals surface area contributed by atoms with Crippen molar-refractivity contribution in [2.24, 2.45) is 0 Å². The van der Waals surface area contributed by atoms with Crippen LogP contribution in [0.1, 0.15) is 27.6 Å². The summed E-state index contributed by atoms with van der Waals surface area (Å²) in [6.45, 7) is 0.591. The topological polar surface area (TPSA) is 54.5 Å². The molecule has 0 aromatic heterocycles. The van der Waals surface area contributed by atoms with E-state index >= 15 is 0 Å². The number of amides is 1. The van der Waals surface area contributed by atoms with E-state index < -0.39 is 15.1 Å². The maximum absolute atomic E-state index is 12.7. The van der Waals surface area contributed by atoms with Gasteiger partial charge < -0.3 is 4.90 Å². The predicted molar refractivity (Wildman–Crippen MR) is 108 cm³/mol. The zero-order chi connectivity index (χ0) is 18.0. The molecule has 7 heteroatoms. The number of rotatable bonds is 2. The van der Waals surface area contributed by atoms with E-state index in [1.54, 1.807) is 41.3 Å². The zero-order valence-corrected chi connectivity index (χ0v) is 17.1. The first-order chi connectivity index (χ1) is 11.9. The highest BCUT2D eigenvalue weighted by Gasteiger charge is 2.33. The molecule has 1 atom stereocenters. The van der Waals surface area contributed by atoms with E-state index in [0.29, 0.717) is 29.1 Å². The van der Waals surface area contributed by atoms with Gasteiger partial charge in [0.1, 0.15) is 0 Å². The highest BCUT2D eigenvalue weighted by molar-refractivity contribution is 14.1. The van der Waals surface area contributed by atoms with Crippen LogP contribution in [0.4, 0.5) is 0 Å². The van der Waals surface area contributed by atoms with E-state index in [2.05, 4.69) is 22.6 Å². The first kappa shape index (κ1) is 18.7. The largest absolute Gasteiger partial charge is 0.338 e. The Labute approximate surface area is 166 Å². The van der Waals surface area contributed by atoms with Crippen LogP contribution in [0.15, 0.2) is 48.5 Å². The van der Waals surface area contributed by atoms with Gasteiger partial charge in [0.15, 0.2) is 9.84 Å². The van der Waals surface area contributed by atoms with Crippen molar-refractivity contribution in [2.45, 2.75) is 11.7 Å². The fraction of sp³-hybridized carbons (Fsp3) is 0.278. The molecule has 1 amide bonds. The Morgan fingerprint density at radius 3 is 2.44 bits per heavy atom. The molecule has 1 aliphatic rings. The van der Waals surface area contributed by atoms with Crippen LogP contribution < -0.4 is 0 Å². The number of carbonyl (C=O) groups is 1. The number of hydrogen-bond donors (Lipinski definition) is 0. The minimum atomic E-state index is -3.37. The third-order valence-electron chi connectivity index (χ3n) is 4.37. The highest BCUT2D eigenvalue weighted by Crippen LogP contribution is 2.34. The minimum absolute atomic E-state index is 0.0565. The Morgan fingerprint density at radius 1 is 1.08 bits per heavy atom.